The summed E-state index contributed by atoms with van der Waals surface area (Å²) in [6.07, 6.45) is 0.0682. The molecule has 0 bridgehead atoms. The molecule has 0 unspecified atom stereocenters. The van der Waals surface area contributed by atoms with Crippen LogP contribution in [0.15, 0.2) is 18.2 Å². The molecule has 0 saturated heterocycles. The van der Waals surface area contributed by atoms with Crippen molar-refractivity contribution in [3.63, 3.8) is 0 Å². The normalized spacial score (nSPS) is 13.7. The average molecular weight is 231 g/mol. The second-order valence-corrected chi connectivity index (χ2v) is 4.29. The van der Waals surface area contributed by atoms with Gasteiger partial charge >= 0.3 is 5.97 Å². The van der Waals surface area contributed by atoms with Crippen LogP contribution in [-0.2, 0) is 17.8 Å². The van der Waals surface area contributed by atoms with Gasteiger partial charge in [0.1, 0.15) is 12.4 Å². The Balaban J connectivity index is 2.33. The van der Waals surface area contributed by atoms with Crippen molar-refractivity contribution in [2.75, 3.05) is 6.61 Å². The van der Waals surface area contributed by atoms with Gasteiger partial charge in [0, 0.05) is 11.1 Å². The van der Waals surface area contributed by atoms with E-state index in [1.54, 1.807) is 0 Å². The van der Waals surface area contributed by atoms with Crippen molar-refractivity contribution < 1.29 is 14.6 Å². The molecule has 0 aliphatic carbocycles. The van der Waals surface area contributed by atoms with Crippen molar-refractivity contribution in [3.05, 3.63) is 29.5 Å². The van der Waals surface area contributed by atoms with Gasteiger partial charge in [0.2, 0.25) is 0 Å². The zero-order valence-electron chi connectivity index (χ0n) is 9.56. The van der Waals surface area contributed by atoms with Crippen molar-refractivity contribution in [1.82, 2.24) is 4.57 Å². The minimum atomic E-state index is -0.794. The maximum absolute atomic E-state index is 10.9. The number of nitrogens with zero attached hydrogens (tertiary/aromatic N) is 1. The molecule has 4 nitrogen and oxygen atoms in total. The fourth-order valence-corrected chi connectivity index (χ4v) is 2.59. The predicted molar refractivity (Wildman–Crippen MR) is 63.5 cm³/mol. The number of carboxylic acids is 1. The van der Waals surface area contributed by atoms with Crippen LogP contribution in [0.2, 0.25) is 0 Å². The number of aliphatic carboxylic acids is 1. The molecule has 0 fully saturated rings. The predicted octanol–water partition coefficient (Wildman–Crippen LogP) is 1.97. The molecule has 1 aromatic heterocycles. The Bertz CT molecular complexity index is 613. The van der Waals surface area contributed by atoms with E-state index in [9.17, 15) is 4.79 Å². The lowest BCUT2D eigenvalue weighted by atomic mass is 10.1. The topological polar surface area (TPSA) is 51.5 Å². The van der Waals surface area contributed by atoms with Crippen LogP contribution in [0, 0.1) is 6.92 Å². The number of rotatable bonds is 2. The Morgan fingerprint density at radius 1 is 1.53 bits per heavy atom. The molecule has 1 aliphatic rings. The highest BCUT2D eigenvalue weighted by Gasteiger charge is 2.21. The van der Waals surface area contributed by atoms with Gasteiger partial charge < -0.3 is 14.4 Å². The molecule has 0 saturated carbocycles. The molecule has 2 aromatic rings. The fourth-order valence-electron chi connectivity index (χ4n) is 2.59. The maximum Gasteiger partial charge on any atom is 0.307 e. The van der Waals surface area contributed by atoms with Crippen LogP contribution in [0.25, 0.3) is 10.9 Å². The van der Waals surface area contributed by atoms with Crippen LogP contribution in [0.3, 0.4) is 0 Å². The third-order valence-electron chi connectivity index (χ3n) is 3.34. The molecular weight excluding hydrogens is 218 g/mol. The van der Waals surface area contributed by atoms with Crippen molar-refractivity contribution in [2.45, 2.75) is 19.9 Å². The van der Waals surface area contributed by atoms with E-state index in [4.69, 9.17) is 9.84 Å². The first-order valence-corrected chi connectivity index (χ1v) is 5.64. The van der Waals surface area contributed by atoms with E-state index in [1.807, 2.05) is 25.1 Å². The van der Waals surface area contributed by atoms with Crippen LogP contribution in [-0.4, -0.2) is 22.2 Å². The molecule has 1 N–H and O–H groups in total. The van der Waals surface area contributed by atoms with Gasteiger partial charge in [-0.15, -0.1) is 0 Å². The smallest absolute Gasteiger partial charge is 0.307 e. The summed E-state index contributed by atoms with van der Waals surface area (Å²) in [6, 6.07) is 5.81. The quantitative estimate of drug-likeness (QED) is 0.859. The van der Waals surface area contributed by atoms with Gasteiger partial charge in [0.05, 0.1) is 18.5 Å². The highest BCUT2D eigenvalue weighted by Crippen LogP contribution is 2.35. The number of carboxylic acid groups (broad SMARTS) is 1. The SMILES string of the molecule is Cc1c(CC(=O)O)c2cccc3c2n1CCO3. The molecule has 88 valence electrons. The van der Waals surface area contributed by atoms with Crippen LogP contribution in [0.5, 0.6) is 5.75 Å². The van der Waals surface area contributed by atoms with E-state index in [0.29, 0.717) is 6.61 Å². The first-order chi connectivity index (χ1) is 8.18. The van der Waals surface area contributed by atoms with E-state index >= 15 is 0 Å². The van der Waals surface area contributed by atoms with Gasteiger partial charge in [-0.3, -0.25) is 4.79 Å². The third-order valence-corrected chi connectivity index (χ3v) is 3.34. The summed E-state index contributed by atoms with van der Waals surface area (Å²) in [6.45, 7) is 3.42. The summed E-state index contributed by atoms with van der Waals surface area (Å²) < 4.78 is 7.76. The summed E-state index contributed by atoms with van der Waals surface area (Å²) in [7, 11) is 0. The molecular formula is C13H13NO3. The van der Waals surface area contributed by atoms with Crippen molar-refractivity contribution in [1.29, 1.82) is 0 Å². The Morgan fingerprint density at radius 2 is 2.35 bits per heavy atom. The fraction of sp³-hybridized carbons (Fsp3) is 0.308. The lowest BCUT2D eigenvalue weighted by molar-refractivity contribution is -0.136. The summed E-state index contributed by atoms with van der Waals surface area (Å²) in [5, 5.41) is 9.98. The molecule has 0 radical (unpaired) electrons. The Morgan fingerprint density at radius 3 is 3.12 bits per heavy atom. The maximum atomic E-state index is 10.9. The summed E-state index contributed by atoms with van der Waals surface area (Å²) >= 11 is 0. The van der Waals surface area contributed by atoms with Crippen molar-refractivity contribution in [2.24, 2.45) is 0 Å². The molecule has 0 atom stereocenters. The molecule has 0 amide bonds. The van der Waals surface area contributed by atoms with Crippen molar-refractivity contribution in [3.8, 4) is 5.75 Å². The molecule has 17 heavy (non-hydrogen) atoms. The minimum absolute atomic E-state index is 0.0682. The van der Waals surface area contributed by atoms with Gasteiger partial charge in [-0.25, -0.2) is 0 Å². The monoisotopic (exact) mass is 231 g/mol. The number of hydrogen-bond acceptors (Lipinski definition) is 2. The lowest BCUT2D eigenvalue weighted by Gasteiger charge is -2.17. The Hall–Kier alpha value is -1.97. The Kier molecular flexibility index (Phi) is 2.11. The molecule has 2 heterocycles. The minimum Gasteiger partial charge on any atom is -0.490 e. The average Bonchev–Trinajstić information content (AvgIpc) is 2.57. The van der Waals surface area contributed by atoms with E-state index in [0.717, 1.165) is 34.5 Å². The molecule has 1 aromatic carbocycles. The van der Waals surface area contributed by atoms with Crippen LogP contribution < -0.4 is 4.74 Å². The summed E-state index contributed by atoms with van der Waals surface area (Å²) in [5.41, 5.74) is 2.98. The van der Waals surface area contributed by atoms with E-state index in [1.165, 1.54) is 0 Å². The first kappa shape index (κ1) is 10.2. The number of para-hydroxylation sites is 1. The highest BCUT2D eigenvalue weighted by molar-refractivity contribution is 5.93. The molecule has 3 rings (SSSR count). The second kappa shape index (κ2) is 3.52. The molecule has 4 heteroatoms. The van der Waals surface area contributed by atoms with Gasteiger partial charge in [-0.2, -0.15) is 0 Å². The van der Waals surface area contributed by atoms with E-state index < -0.39 is 5.97 Å². The van der Waals surface area contributed by atoms with Crippen molar-refractivity contribution >= 4 is 16.9 Å². The highest BCUT2D eigenvalue weighted by atomic mass is 16.5. The third kappa shape index (κ3) is 1.40. The van der Waals surface area contributed by atoms with E-state index in [2.05, 4.69) is 4.57 Å². The zero-order chi connectivity index (χ0) is 12.0. The first-order valence-electron chi connectivity index (χ1n) is 5.64. The second-order valence-electron chi connectivity index (χ2n) is 4.29. The van der Waals surface area contributed by atoms with Crippen LogP contribution in [0.1, 0.15) is 11.3 Å². The van der Waals surface area contributed by atoms with Gasteiger partial charge in [-0.1, -0.05) is 12.1 Å². The zero-order valence-corrected chi connectivity index (χ0v) is 9.56. The number of ether oxygens (including phenoxy) is 1. The van der Waals surface area contributed by atoms with Crippen LogP contribution in [0.4, 0.5) is 0 Å². The number of carbonyl (C=O) groups is 1. The van der Waals surface area contributed by atoms with Crippen LogP contribution >= 0.6 is 0 Å². The van der Waals surface area contributed by atoms with Gasteiger partial charge in [0.15, 0.2) is 0 Å². The molecule has 1 aliphatic heterocycles. The number of benzene rings is 1. The van der Waals surface area contributed by atoms with E-state index in [-0.39, 0.29) is 6.42 Å². The Labute approximate surface area is 98.4 Å². The van der Waals surface area contributed by atoms with Gasteiger partial charge in [0.25, 0.3) is 0 Å². The number of aromatic nitrogens is 1. The number of hydrogen-bond donors (Lipinski definition) is 1. The largest absolute Gasteiger partial charge is 0.490 e. The molecule has 0 spiro atoms. The summed E-state index contributed by atoms with van der Waals surface area (Å²) in [4.78, 5) is 10.9. The summed E-state index contributed by atoms with van der Waals surface area (Å²) in [5.74, 6) is 0.0613. The standard InChI is InChI=1S/C13H13NO3/c1-8-10(7-12(15)16)9-3-2-4-11-13(9)14(8)5-6-17-11/h2-4H,5-7H2,1H3,(H,15,16). The van der Waals surface area contributed by atoms with Gasteiger partial charge in [-0.05, 0) is 18.6 Å². The lowest BCUT2D eigenvalue weighted by Crippen LogP contribution is -2.15.